The van der Waals surface area contributed by atoms with E-state index in [0.29, 0.717) is 22.1 Å². The Labute approximate surface area is 156 Å². The number of para-hydroxylation sites is 1. The topological polar surface area (TPSA) is 77.3 Å². The number of amides is 1. The van der Waals surface area contributed by atoms with Gasteiger partial charge >= 0.3 is 6.01 Å². The smallest absolute Gasteiger partial charge is 0.322 e. The lowest BCUT2D eigenvalue weighted by atomic mass is 10.2. The van der Waals surface area contributed by atoms with Crippen LogP contribution in [-0.4, -0.2) is 28.5 Å². The Kier molecular flexibility index (Phi) is 5.58. The van der Waals surface area contributed by atoms with Crippen molar-refractivity contribution in [1.82, 2.24) is 10.2 Å². The van der Waals surface area contributed by atoms with Crippen LogP contribution >= 0.6 is 11.8 Å². The second kappa shape index (κ2) is 8.05. The van der Waals surface area contributed by atoms with Gasteiger partial charge in [-0.25, -0.2) is 0 Å². The Balaban J connectivity index is 1.76. The minimum Gasteiger partial charge on any atom is -0.496 e. The molecule has 0 unspecified atom stereocenters. The zero-order valence-corrected chi connectivity index (χ0v) is 15.5. The summed E-state index contributed by atoms with van der Waals surface area (Å²) in [5.41, 5.74) is 1.20. The van der Waals surface area contributed by atoms with Gasteiger partial charge in [0.1, 0.15) is 5.75 Å². The van der Waals surface area contributed by atoms with Gasteiger partial charge < -0.3 is 9.15 Å². The molecule has 3 aromatic rings. The van der Waals surface area contributed by atoms with Crippen LogP contribution in [0.15, 0.2) is 57.8 Å². The Hall–Kier alpha value is -2.80. The average Bonchev–Trinajstić information content (AvgIpc) is 3.09. The Morgan fingerprint density at radius 2 is 1.96 bits per heavy atom. The van der Waals surface area contributed by atoms with Crippen molar-refractivity contribution in [2.75, 3.05) is 12.4 Å². The van der Waals surface area contributed by atoms with Crippen molar-refractivity contribution in [3.63, 3.8) is 0 Å². The van der Waals surface area contributed by atoms with Gasteiger partial charge in [-0.2, -0.15) is 0 Å². The van der Waals surface area contributed by atoms with Crippen LogP contribution in [0, 0.1) is 0 Å². The van der Waals surface area contributed by atoms with E-state index in [1.54, 1.807) is 31.0 Å². The summed E-state index contributed by atoms with van der Waals surface area (Å²) in [5, 5.41) is 11.0. The van der Waals surface area contributed by atoms with Crippen molar-refractivity contribution in [3.05, 3.63) is 54.1 Å². The van der Waals surface area contributed by atoms with E-state index < -0.39 is 0 Å². The molecule has 3 rings (SSSR count). The van der Waals surface area contributed by atoms with E-state index >= 15 is 0 Å². The predicted molar refractivity (Wildman–Crippen MR) is 102 cm³/mol. The number of thioether (sulfide) groups is 1. The Morgan fingerprint density at radius 1 is 1.15 bits per heavy atom. The minimum absolute atomic E-state index is 0.0396. The second-order valence-corrected chi connectivity index (χ2v) is 7.41. The molecule has 0 saturated carbocycles. The number of rotatable bonds is 6. The van der Waals surface area contributed by atoms with E-state index in [2.05, 4.69) is 29.4 Å². The van der Waals surface area contributed by atoms with Gasteiger partial charge in [0, 0.05) is 15.7 Å². The molecule has 0 fully saturated rings. The second-order valence-electron chi connectivity index (χ2n) is 5.76. The van der Waals surface area contributed by atoms with E-state index in [1.165, 1.54) is 0 Å². The molecule has 134 valence electrons. The fourth-order valence-electron chi connectivity index (χ4n) is 2.36. The fourth-order valence-corrected chi connectivity index (χ4v) is 3.25. The lowest BCUT2D eigenvalue weighted by Crippen LogP contribution is -2.12. The summed E-state index contributed by atoms with van der Waals surface area (Å²) in [6.45, 7) is 4.21. The molecule has 0 radical (unpaired) electrons. The molecule has 7 heteroatoms. The molecule has 26 heavy (non-hydrogen) atoms. The summed E-state index contributed by atoms with van der Waals surface area (Å²) in [6.07, 6.45) is 0. The molecule has 0 spiro atoms. The van der Waals surface area contributed by atoms with E-state index in [1.807, 2.05) is 36.4 Å². The van der Waals surface area contributed by atoms with Gasteiger partial charge in [0.2, 0.25) is 0 Å². The van der Waals surface area contributed by atoms with Crippen LogP contribution in [0.3, 0.4) is 0 Å². The number of ether oxygens (including phenoxy) is 1. The van der Waals surface area contributed by atoms with Crippen molar-refractivity contribution in [2.45, 2.75) is 24.0 Å². The SMILES string of the molecule is COc1ccccc1-c1nnc(NC(=O)c2cccc(SC(C)C)c2)o1. The number of benzene rings is 2. The highest BCUT2D eigenvalue weighted by molar-refractivity contribution is 7.99. The molecule has 0 aliphatic rings. The van der Waals surface area contributed by atoms with Crippen LogP contribution in [-0.2, 0) is 0 Å². The van der Waals surface area contributed by atoms with Crippen LogP contribution in [0.5, 0.6) is 5.75 Å². The number of carbonyl (C=O) groups is 1. The normalized spacial score (nSPS) is 10.8. The summed E-state index contributed by atoms with van der Waals surface area (Å²) >= 11 is 1.70. The largest absolute Gasteiger partial charge is 0.496 e. The van der Waals surface area contributed by atoms with Crippen molar-refractivity contribution in [3.8, 4) is 17.2 Å². The van der Waals surface area contributed by atoms with Crippen LogP contribution in [0.4, 0.5) is 6.01 Å². The lowest BCUT2D eigenvalue weighted by Gasteiger charge is -2.06. The monoisotopic (exact) mass is 369 g/mol. The highest BCUT2D eigenvalue weighted by atomic mass is 32.2. The first kappa shape index (κ1) is 18.0. The molecule has 1 amide bonds. The maximum absolute atomic E-state index is 12.4. The van der Waals surface area contributed by atoms with Crippen molar-refractivity contribution < 1.29 is 13.9 Å². The first-order valence-electron chi connectivity index (χ1n) is 8.12. The van der Waals surface area contributed by atoms with E-state index in [9.17, 15) is 4.79 Å². The summed E-state index contributed by atoms with van der Waals surface area (Å²) in [4.78, 5) is 13.5. The zero-order chi connectivity index (χ0) is 18.5. The lowest BCUT2D eigenvalue weighted by molar-refractivity contribution is 0.102. The third-order valence-corrected chi connectivity index (χ3v) is 4.45. The first-order valence-corrected chi connectivity index (χ1v) is 8.99. The number of hydrogen-bond donors (Lipinski definition) is 1. The molecule has 0 aliphatic heterocycles. The average molecular weight is 369 g/mol. The summed E-state index contributed by atoms with van der Waals surface area (Å²) < 4.78 is 10.8. The molecule has 1 N–H and O–H groups in total. The van der Waals surface area contributed by atoms with Gasteiger partial charge in [0.25, 0.3) is 11.8 Å². The number of aromatic nitrogens is 2. The third-order valence-electron chi connectivity index (χ3n) is 3.45. The fraction of sp³-hybridized carbons (Fsp3) is 0.211. The summed E-state index contributed by atoms with van der Waals surface area (Å²) in [5.74, 6) is 0.598. The molecule has 2 aromatic carbocycles. The summed E-state index contributed by atoms with van der Waals surface area (Å²) in [6, 6.07) is 14.8. The zero-order valence-electron chi connectivity index (χ0n) is 14.7. The van der Waals surface area contributed by atoms with Gasteiger partial charge in [0.05, 0.1) is 12.7 Å². The maximum atomic E-state index is 12.4. The summed E-state index contributed by atoms with van der Waals surface area (Å²) in [7, 11) is 1.57. The van der Waals surface area contributed by atoms with Gasteiger partial charge in [-0.15, -0.1) is 16.9 Å². The number of nitrogens with one attached hydrogen (secondary N) is 1. The van der Waals surface area contributed by atoms with Crippen LogP contribution in [0.1, 0.15) is 24.2 Å². The van der Waals surface area contributed by atoms with Gasteiger partial charge in [-0.3, -0.25) is 10.1 Å². The van der Waals surface area contributed by atoms with Gasteiger partial charge in [-0.1, -0.05) is 37.1 Å². The molecular weight excluding hydrogens is 350 g/mol. The molecule has 6 nitrogen and oxygen atoms in total. The van der Waals surface area contributed by atoms with Crippen LogP contribution < -0.4 is 10.1 Å². The van der Waals surface area contributed by atoms with Crippen molar-refractivity contribution in [2.24, 2.45) is 0 Å². The van der Waals surface area contributed by atoms with Crippen molar-refractivity contribution in [1.29, 1.82) is 0 Å². The highest BCUT2D eigenvalue weighted by Gasteiger charge is 2.15. The molecule has 0 saturated heterocycles. The first-order chi connectivity index (χ1) is 12.6. The molecule has 0 bridgehead atoms. The Morgan fingerprint density at radius 3 is 2.73 bits per heavy atom. The molecular formula is C19H19N3O3S. The van der Waals surface area contributed by atoms with Crippen LogP contribution in [0.25, 0.3) is 11.5 Å². The number of nitrogens with zero attached hydrogens (tertiary/aromatic N) is 2. The molecule has 1 heterocycles. The van der Waals surface area contributed by atoms with Crippen LogP contribution in [0.2, 0.25) is 0 Å². The standard InChI is InChI=1S/C19H19N3O3S/c1-12(2)26-14-8-6-7-13(11-14)17(23)20-19-22-21-18(25-19)15-9-4-5-10-16(15)24-3/h4-12H,1-3H3,(H,20,22,23). The maximum Gasteiger partial charge on any atom is 0.322 e. The van der Waals surface area contributed by atoms with E-state index in [0.717, 1.165) is 4.90 Å². The minimum atomic E-state index is -0.300. The number of methoxy groups -OCH3 is 1. The number of carbonyl (C=O) groups excluding carboxylic acids is 1. The van der Waals surface area contributed by atoms with Gasteiger partial charge in [0.15, 0.2) is 0 Å². The molecule has 0 atom stereocenters. The van der Waals surface area contributed by atoms with Gasteiger partial charge in [-0.05, 0) is 30.3 Å². The number of hydrogen-bond acceptors (Lipinski definition) is 6. The highest BCUT2D eigenvalue weighted by Crippen LogP contribution is 2.29. The van der Waals surface area contributed by atoms with E-state index in [-0.39, 0.29) is 17.8 Å². The number of anilines is 1. The molecule has 1 aromatic heterocycles. The Bertz CT molecular complexity index is 908. The van der Waals surface area contributed by atoms with Crippen molar-refractivity contribution >= 4 is 23.7 Å². The van der Waals surface area contributed by atoms with E-state index in [4.69, 9.17) is 9.15 Å². The predicted octanol–water partition coefficient (Wildman–Crippen LogP) is 4.50. The quantitative estimate of drug-likeness (QED) is 0.645. The third kappa shape index (κ3) is 4.23. The molecule has 0 aliphatic carbocycles.